The van der Waals surface area contributed by atoms with E-state index in [2.05, 4.69) is 4.99 Å². The largest absolute Gasteiger partial charge is 0.484 e. The molecule has 19 heavy (non-hydrogen) atoms. The second kappa shape index (κ2) is 6.15. The van der Waals surface area contributed by atoms with E-state index in [4.69, 9.17) is 9.47 Å². The van der Waals surface area contributed by atoms with Gasteiger partial charge in [-0.3, -0.25) is 9.69 Å². The van der Waals surface area contributed by atoms with Crippen molar-refractivity contribution < 1.29 is 14.3 Å². The van der Waals surface area contributed by atoms with Gasteiger partial charge in [-0.25, -0.2) is 4.99 Å². The van der Waals surface area contributed by atoms with Gasteiger partial charge in [0.2, 0.25) is 0 Å². The number of methoxy groups -OCH3 is 2. The molecule has 1 aromatic carbocycles. The van der Waals surface area contributed by atoms with Gasteiger partial charge in [0.15, 0.2) is 5.90 Å². The molecule has 2 rings (SSSR count). The number of benzene rings is 1. The summed E-state index contributed by atoms with van der Waals surface area (Å²) in [6.45, 7) is 0. The predicted octanol–water partition coefficient (Wildman–Crippen LogP) is 2.02. The lowest BCUT2D eigenvalue weighted by atomic mass is 10.2. The van der Waals surface area contributed by atoms with Crippen LogP contribution in [0.1, 0.15) is 16.8 Å². The average Bonchev–Trinajstić information content (AvgIpc) is 2.69. The molecule has 1 amide bonds. The van der Waals surface area contributed by atoms with Crippen LogP contribution in [0.2, 0.25) is 0 Å². The Labute approximate surface area is 112 Å². The Hall–Kier alpha value is -2.14. The molecular weight excluding hydrogens is 244 g/mol. The molecule has 1 atom stereocenters. The van der Waals surface area contributed by atoms with Gasteiger partial charge >= 0.3 is 0 Å². The molecule has 5 nitrogen and oxygen atoms in total. The fourth-order valence-electron chi connectivity index (χ4n) is 1.85. The molecule has 0 aliphatic carbocycles. The summed E-state index contributed by atoms with van der Waals surface area (Å²) in [4.78, 5) is 18.0. The van der Waals surface area contributed by atoms with Gasteiger partial charge in [0.05, 0.1) is 13.5 Å². The number of nitrogens with zero attached hydrogens (tertiary/aromatic N) is 2. The monoisotopic (exact) mass is 260 g/mol. The van der Waals surface area contributed by atoms with Crippen molar-refractivity contribution in [3.8, 4) is 0 Å². The van der Waals surface area contributed by atoms with Crippen molar-refractivity contribution >= 4 is 11.8 Å². The number of carbonyl (C=O) groups excluding carboxylic acids is 1. The standard InChI is InChI=1S/C14H16N2O3/c1-18-12-10-13(19-2)16(9-8-15-12)14(17)11-6-4-3-5-7-11/h3-9,13H,10H2,1-2H3. The van der Waals surface area contributed by atoms with Crippen molar-refractivity contribution in [1.82, 2.24) is 4.90 Å². The SMILES string of the molecule is COC1=NC=CN(C(=O)c2ccccc2)C(OC)C1. The number of aliphatic imine (C=N–C) groups is 1. The quantitative estimate of drug-likeness (QED) is 0.817. The molecule has 100 valence electrons. The van der Waals surface area contributed by atoms with Crippen LogP contribution < -0.4 is 0 Å². The van der Waals surface area contributed by atoms with E-state index in [0.29, 0.717) is 17.9 Å². The van der Waals surface area contributed by atoms with Crippen LogP contribution in [0, 0.1) is 0 Å². The lowest BCUT2D eigenvalue weighted by molar-refractivity contribution is 0.00304. The lowest BCUT2D eigenvalue weighted by Crippen LogP contribution is -2.38. The highest BCUT2D eigenvalue weighted by Crippen LogP contribution is 2.16. The van der Waals surface area contributed by atoms with Crippen molar-refractivity contribution in [2.24, 2.45) is 4.99 Å². The summed E-state index contributed by atoms with van der Waals surface area (Å²) in [5.41, 5.74) is 0.607. The van der Waals surface area contributed by atoms with E-state index in [1.54, 1.807) is 38.8 Å². The Morgan fingerprint density at radius 2 is 2.05 bits per heavy atom. The van der Waals surface area contributed by atoms with Gasteiger partial charge < -0.3 is 9.47 Å². The predicted molar refractivity (Wildman–Crippen MR) is 71.6 cm³/mol. The van der Waals surface area contributed by atoms with Crippen LogP contribution in [-0.2, 0) is 9.47 Å². The van der Waals surface area contributed by atoms with E-state index in [0.717, 1.165) is 0 Å². The minimum Gasteiger partial charge on any atom is -0.484 e. The van der Waals surface area contributed by atoms with E-state index >= 15 is 0 Å². The Morgan fingerprint density at radius 1 is 1.32 bits per heavy atom. The molecule has 0 aromatic heterocycles. The molecule has 0 saturated heterocycles. The van der Waals surface area contributed by atoms with Gasteiger partial charge in [-0.15, -0.1) is 0 Å². The fourth-order valence-corrected chi connectivity index (χ4v) is 1.85. The molecule has 1 heterocycles. The van der Waals surface area contributed by atoms with Gasteiger partial charge in [0.1, 0.15) is 6.23 Å². The first-order valence-electron chi connectivity index (χ1n) is 5.94. The lowest BCUT2D eigenvalue weighted by Gasteiger charge is -2.26. The molecule has 0 bridgehead atoms. The molecule has 1 aliphatic rings. The van der Waals surface area contributed by atoms with Gasteiger partial charge in [0, 0.05) is 25.1 Å². The maximum atomic E-state index is 12.4. The van der Waals surface area contributed by atoms with Crippen LogP contribution >= 0.6 is 0 Å². The maximum absolute atomic E-state index is 12.4. The summed E-state index contributed by atoms with van der Waals surface area (Å²) < 4.78 is 10.5. The van der Waals surface area contributed by atoms with Crippen molar-refractivity contribution in [3.63, 3.8) is 0 Å². The van der Waals surface area contributed by atoms with Crippen molar-refractivity contribution in [1.29, 1.82) is 0 Å². The summed E-state index contributed by atoms with van der Waals surface area (Å²) in [6.07, 6.45) is 3.14. The summed E-state index contributed by atoms with van der Waals surface area (Å²) >= 11 is 0. The number of amides is 1. The van der Waals surface area contributed by atoms with Crippen LogP contribution in [0.15, 0.2) is 47.7 Å². The van der Waals surface area contributed by atoms with E-state index in [9.17, 15) is 4.79 Å². The number of ether oxygens (including phenoxy) is 2. The van der Waals surface area contributed by atoms with E-state index < -0.39 is 6.23 Å². The summed E-state index contributed by atoms with van der Waals surface area (Å²) in [6, 6.07) is 9.06. The van der Waals surface area contributed by atoms with Crippen LogP contribution in [0.25, 0.3) is 0 Å². The number of hydrogen-bond acceptors (Lipinski definition) is 4. The van der Waals surface area contributed by atoms with E-state index in [-0.39, 0.29) is 5.91 Å². The second-order valence-electron chi connectivity index (χ2n) is 4.00. The van der Waals surface area contributed by atoms with E-state index in [1.165, 1.54) is 4.90 Å². The summed E-state index contributed by atoms with van der Waals surface area (Å²) in [5.74, 6) is 0.405. The Kier molecular flexibility index (Phi) is 4.30. The number of carbonyl (C=O) groups is 1. The molecule has 0 fully saturated rings. The van der Waals surface area contributed by atoms with E-state index in [1.807, 2.05) is 18.2 Å². The van der Waals surface area contributed by atoms with Gasteiger partial charge in [-0.05, 0) is 12.1 Å². The van der Waals surface area contributed by atoms with Crippen LogP contribution in [0.4, 0.5) is 0 Å². The highest BCUT2D eigenvalue weighted by atomic mass is 16.5. The molecule has 0 saturated carbocycles. The first-order chi connectivity index (χ1) is 9.26. The first-order valence-corrected chi connectivity index (χ1v) is 5.94. The topological polar surface area (TPSA) is 51.1 Å². The third kappa shape index (κ3) is 3.00. The molecule has 1 aliphatic heterocycles. The Morgan fingerprint density at radius 3 is 2.68 bits per heavy atom. The van der Waals surface area contributed by atoms with Crippen LogP contribution in [-0.4, -0.2) is 37.2 Å². The Balaban J connectivity index is 2.22. The maximum Gasteiger partial charge on any atom is 0.259 e. The van der Waals surface area contributed by atoms with Gasteiger partial charge in [-0.1, -0.05) is 18.2 Å². The second-order valence-corrected chi connectivity index (χ2v) is 4.00. The van der Waals surface area contributed by atoms with Gasteiger partial charge in [-0.2, -0.15) is 0 Å². The van der Waals surface area contributed by atoms with Crippen LogP contribution in [0.3, 0.4) is 0 Å². The normalized spacial score (nSPS) is 18.7. The summed E-state index contributed by atoms with van der Waals surface area (Å²) in [7, 11) is 3.11. The highest BCUT2D eigenvalue weighted by Gasteiger charge is 2.26. The number of hydrogen-bond donors (Lipinski definition) is 0. The Bertz CT molecular complexity index is 497. The molecule has 1 unspecified atom stereocenters. The average molecular weight is 260 g/mol. The zero-order chi connectivity index (χ0) is 13.7. The number of rotatable bonds is 2. The zero-order valence-corrected chi connectivity index (χ0v) is 10.9. The molecule has 5 heteroatoms. The van der Waals surface area contributed by atoms with Crippen molar-refractivity contribution in [3.05, 3.63) is 48.3 Å². The fraction of sp³-hybridized carbons (Fsp3) is 0.286. The third-order valence-corrected chi connectivity index (χ3v) is 2.87. The molecule has 0 radical (unpaired) electrons. The van der Waals surface area contributed by atoms with Crippen molar-refractivity contribution in [2.45, 2.75) is 12.6 Å². The molecular formula is C14H16N2O3. The summed E-state index contributed by atoms with van der Waals surface area (Å²) in [5, 5.41) is 0. The molecule has 0 spiro atoms. The van der Waals surface area contributed by atoms with Crippen LogP contribution in [0.5, 0.6) is 0 Å². The molecule has 0 N–H and O–H groups in total. The molecule has 1 aromatic rings. The minimum absolute atomic E-state index is 0.128. The first kappa shape index (κ1) is 13.3. The van der Waals surface area contributed by atoms with Crippen molar-refractivity contribution in [2.75, 3.05) is 14.2 Å². The zero-order valence-electron chi connectivity index (χ0n) is 10.9. The highest BCUT2D eigenvalue weighted by molar-refractivity contribution is 5.95. The van der Waals surface area contributed by atoms with Gasteiger partial charge in [0.25, 0.3) is 5.91 Å². The smallest absolute Gasteiger partial charge is 0.259 e. The third-order valence-electron chi connectivity index (χ3n) is 2.87. The minimum atomic E-state index is -0.426.